The molecule has 2 aromatic heterocycles. The number of rotatable bonds is 5. The predicted molar refractivity (Wildman–Crippen MR) is 107 cm³/mol. The lowest BCUT2D eigenvalue weighted by atomic mass is 9.98. The average molecular weight is 391 g/mol. The Hall–Kier alpha value is -3.68. The number of methoxy groups -OCH3 is 1. The van der Waals surface area contributed by atoms with Gasteiger partial charge in [-0.25, -0.2) is 4.68 Å². The number of hydrogen-bond donors (Lipinski definition) is 1. The van der Waals surface area contributed by atoms with Gasteiger partial charge in [0.15, 0.2) is 5.78 Å². The van der Waals surface area contributed by atoms with Gasteiger partial charge in [-0.2, -0.15) is 5.10 Å². The Morgan fingerprint density at radius 2 is 1.97 bits per heavy atom. The van der Waals surface area contributed by atoms with Gasteiger partial charge >= 0.3 is 0 Å². The number of amides is 1. The molecule has 8 heteroatoms. The zero-order valence-electron chi connectivity index (χ0n) is 16.0. The fourth-order valence-electron chi connectivity index (χ4n) is 3.51. The van der Waals surface area contributed by atoms with Crippen molar-refractivity contribution in [3.63, 3.8) is 0 Å². The van der Waals surface area contributed by atoms with Gasteiger partial charge < -0.3 is 15.4 Å². The van der Waals surface area contributed by atoms with Gasteiger partial charge in [0.25, 0.3) is 5.91 Å². The molecule has 1 fully saturated rings. The van der Waals surface area contributed by atoms with Gasteiger partial charge in [0.1, 0.15) is 17.3 Å². The third-order valence-corrected chi connectivity index (χ3v) is 5.12. The Morgan fingerprint density at radius 3 is 2.66 bits per heavy atom. The number of carbonyl (C=O) groups is 2. The molecule has 1 unspecified atom stereocenters. The first-order valence-corrected chi connectivity index (χ1v) is 9.31. The van der Waals surface area contributed by atoms with E-state index in [2.05, 4.69) is 10.1 Å². The smallest absolute Gasteiger partial charge is 0.272 e. The largest absolute Gasteiger partial charge is 0.497 e. The van der Waals surface area contributed by atoms with Crippen LogP contribution < -0.4 is 10.5 Å². The number of benzene rings is 1. The number of aromatic nitrogens is 3. The molecule has 0 aliphatic carbocycles. The van der Waals surface area contributed by atoms with Gasteiger partial charge in [0.05, 0.1) is 24.6 Å². The van der Waals surface area contributed by atoms with Crippen LogP contribution in [0.4, 0.5) is 5.82 Å². The van der Waals surface area contributed by atoms with Crippen LogP contribution in [-0.4, -0.2) is 51.6 Å². The number of hydrogen-bond acceptors (Lipinski definition) is 6. The van der Waals surface area contributed by atoms with Crippen molar-refractivity contribution in [3.8, 4) is 11.4 Å². The number of pyridine rings is 1. The molecule has 3 aromatic rings. The molecular formula is C21H21N5O3. The summed E-state index contributed by atoms with van der Waals surface area (Å²) in [6, 6.07) is 12.4. The Balaban J connectivity index is 1.49. The summed E-state index contributed by atoms with van der Waals surface area (Å²) in [6.45, 7) is 0.861. The van der Waals surface area contributed by atoms with E-state index in [1.165, 1.54) is 10.9 Å². The quantitative estimate of drug-likeness (QED) is 0.669. The first-order chi connectivity index (χ1) is 14.1. The molecule has 1 atom stereocenters. The summed E-state index contributed by atoms with van der Waals surface area (Å²) in [5.74, 6) is 0.439. The zero-order chi connectivity index (χ0) is 20.4. The fourth-order valence-corrected chi connectivity index (χ4v) is 3.51. The Morgan fingerprint density at radius 1 is 1.17 bits per heavy atom. The summed E-state index contributed by atoms with van der Waals surface area (Å²) in [5.41, 5.74) is 7.71. The van der Waals surface area contributed by atoms with E-state index in [9.17, 15) is 9.59 Å². The minimum absolute atomic E-state index is 0.0985. The molecule has 4 rings (SSSR count). The molecule has 1 aromatic carbocycles. The van der Waals surface area contributed by atoms with Crippen LogP contribution in [-0.2, 0) is 0 Å². The minimum Gasteiger partial charge on any atom is -0.497 e. The Bertz CT molecular complexity index is 1030. The van der Waals surface area contributed by atoms with Crippen LogP contribution in [0.1, 0.15) is 27.3 Å². The molecular weight excluding hydrogens is 370 g/mol. The summed E-state index contributed by atoms with van der Waals surface area (Å²) < 4.78 is 6.68. The van der Waals surface area contributed by atoms with Crippen molar-refractivity contribution in [1.82, 2.24) is 19.7 Å². The van der Waals surface area contributed by atoms with Crippen LogP contribution in [0.5, 0.6) is 5.75 Å². The molecule has 29 heavy (non-hydrogen) atoms. The van der Waals surface area contributed by atoms with Gasteiger partial charge in [-0.05, 0) is 42.8 Å². The predicted octanol–water partition coefficient (Wildman–Crippen LogP) is 2.20. The fraction of sp³-hybridized carbons (Fsp3) is 0.238. The maximum atomic E-state index is 13.0. The number of Topliss-reactive ketones (excluding diaryl/α,β-unsaturated/α-hetero) is 1. The van der Waals surface area contributed by atoms with Crippen molar-refractivity contribution in [1.29, 1.82) is 0 Å². The number of anilines is 1. The molecule has 2 N–H and O–H groups in total. The Kier molecular flexibility index (Phi) is 4.99. The number of ether oxygens (including phenoxy) is 1. The SMILES string of the molecule is COc1ccc(-n2ncc(C(=O)C3CCN(C(=O)c4ccccn4)C3)c2N)cc1. The standard InChI is InChI=1S/C21H21N5O3/c1-29-16-7-5-15(6-8-16)26-20(22)17(12-24-26)19(27)14-9-11-25(13-14)21(28)18-4-2-3-10-23-18/h2-8,10,12,14H,9,11,13,22H2,1H3. The first-order valence-electron chi connectivity index (χ1n) is 9.31. The summed E-state index contributed by atoms with van der Waals surface area (Å²) in [6.07, 6.45) is 3.66. The van der Waals surface area contributed by atoms with Crippen molar-refractivity contribution in [2.45, 2.75) is 6.42 Å². The minimum atomic E-state index is -0.307. The number of nitrogens with two attached hydrogens (primary N) is 1. The number of nitrogen functional groups attached to an aromatic ring is 1. The highest BCUT2D eigenvalue weighted by molar-refractivity contribution is 6.02. The maximum Gasteiger partial charge on any atom is 0.272 e. The molecule has 0 radical (unpaired) electrons. The molecule has 0 saturated carbocycles. The molecule has 8 nitrogen and oxygen atoms in total. The summed E-state index contributed by atoms with van der Waals surface area (Å²) >= 11 is 0. The van der Waals surface area contributed by atoms with Crippen LogP contribution >= 0.6 is 0 Å². The highest BCUT2D eigenvalue weighted by Crippen LogP contribution is 2.26. The van der Waals surface area contributed by atoms with E-state index in [4.69, 9.17) is 10.5 Å². The van der Waals surface area contributed by atoms with E-state index in [1.807, 2.05) is 12.1 Å². The molecule has 1 amide bonds. The molecule has 1 aliphatic rings. The molecule has 1 aliphatic heterocycles. The van der Waals surface area contributed by atoms with Crippen molar-refractivity contribution in [2.75, 3.05) is 25.9 Å². The second-order valence-corrected chi connectivity index (χ2v) is 6.87. The maximum absolute atomic E-state index is 13.0. The second kappa shape index (κ2) is 7.75. The topological polar surface area (TPSA) is 103 Å². The summed E-state index contributed by atoms with van der Waals surface area (Å²) in [4.78, 5) is 31.3. The van der Waals surface area contributed by atoms with Gasteiger partial charge in [-0.1, -0.05) is 6.07 Å². The normalized spacial score (nSPS) is 16.0. The van der Waals surface area contributed by atoms with Gasteiger partial charge in [0, 0.05) is 25.2 Å². The van der Waals surface area contributed by atoms with Crippen LogP contribution in [0.25, 0.3) is 5.69 Å². The van der Waals surface area contributed by atoms with E-state index in [1.54, 1.807) is 48.5 Å². The first kappa shape index (κ1) is 18.7. The summed E-state index contributed by atoms with van der Waals surface area (Å²) in [7, 11) is 1.59. The van der Waals surface area contributed by atoms with E-state index >= 15 is 0 Å². The van der Waals surface area contributed by atoms with Crippen LogP contribution in [0, 0.1) is 5.92 Å². The number of nitrogens with zero attached hydrogens (tertiary/aromatic N) is 4. The van der Waals surface area contributed by atoms with E-state index in [-0.39, 0.29) is 23.4 Å². The molecule has 1 saturated heterocycles. The summed E-state index contributed by atoms with van der Waals surface area (Å²) in [5, 5.41) is 4.28. The van der Waals surface area contributed by atoms with Crippen molar-refractivity contribution in [3.05, 3.63) is 66.1 Å². The second-order valence-electron chi connectivity index (χ2n) is 6.87. The molecule has 3 heterocycles. The molecule has 148 valence electrons. The van der Waals surface area contributed by atoms with Gasteiger partial charge in [-0.15, -0.1) is 0 Å². The number of carbonyl (C=O) groups excluding carboxylic acids is 2. The number of likely N-dealkylation sites (tertiary alicyclic amines) is 1. The molecule has 0 spiro atoms. The van der Waals surface area contributed by atoms with Crippen LogP contribution in [0.2, 0.25) is 0 Å². The van der Waals surface area contributed by atoms with Crippen LogP contribution in [0.3, 0.4) is 0 Å². The highest BCUT2D eigenvalue weighted by atomic mass is 16.5. The number of ketones is 1. The van der Waals surface area contributed by atoms with Crippen molar-refractivity contribution >= 4 is 17.5 Å². The lowest BCUT2D eigenvalue weighted by Crippen LogP contribution is -2.30. The van der Waals surface area contributed by atoms with Crippen LogP contribution in [0.15, 0.2) is 54.9 Å². The third-order valence-electron chi connectivity index (χ3n) is 5.12. The monoisotopic (exact) mass is 391 g/mol. The Labute approximate surface area is 167 Å². The van der Waals surface area contributed by atoms with E-state index in [0.29, 0.717) is 30.8 Å². The zero-order valence-corrected chi connectivity index (χ0v) is 16.0. The lowest BCUT2D eigenvalue weighted by molar-refractivity contribution is 0.0775. The average Bonchev–Trinajstić information content (AvgIpc) is 3.41. The van der Waals surface area contributed by atoms with E-state index < -0.39 is 0 Å². The lowest BCUT2D eigenvalue weighted by Gasteiger charge is -2.15. The van der Waals surface area contributed by atoms with Gasteiger partial charge in [-0.3, -0.25) is 14.6 Å². The molecule has 0 bridgehead atoms. The van der Waals surface area contributed by atoms with Crippen molar-refractivity contribution < 1.29 is 14.3 Å². The van der Waals surface area contributed by atoms with Crippen molar-refractivity contribution in [2.24, 2.45) is 5.92 Å². The highest BCUT2D eigenvalue weighted by Gasteiger charge is 2.34. The van der Waals surface area contributed by atoms with Gasteiger partial charge in [0.2, 0.25) is 0 Å². The third kappa shape index (κ3) is 3.56. The van der Waals surface area contributed by atoms with E-state index in [0.717, 1.165) is 11.4 Å².